The molecule has 0 spiro atoms. The van der Waals surface area contributed by atoms with Crippen LogP contribution in [0.5, 0.6) is 0 Å². The summed E-state index contributed by atoms with van der Waals surface area (Å²) < 4.78 is 0. The van der Waals surface area contributed by atoms with E-state index in [0.29, 0.717) is 11.8 Å². The molecule has 0 unspecified atom stereocenters. The zero-order chi connectivity index (χ0) is 16.2. The van der Waals surface area contributed by atoms with E-state index in [-0.39, 0.29) is 5.91 Å². The minimum absolute atomic E-state index is 0.152. The van der Waals surface area contributed by atoms with Crippen molar-refractivity contribution in [1.82, 2.24) is 10.2 Å². The molecule has 2 rings (SSSR count). The van der Waals surface area contributed by atoms with E-state index in [0.717, 1.165) is 32.5 Å². The van der Waals surface area contributed by atoms with E-state index in [1.165, 1.54) is 5.56 Å². The number of rotatable bonds is 5. The van der Waals surface area contributed by atoms with Gasteiger partial charge in [0.15, 0.2) is 0 Å². The van der Waals surface area contributed by atoms with Crippen LogP contribution in [-0.2, 0) is 4.79 Å². The van der Waals surface area contributed by atoms with Crippen LogP contribution < -0.4 is 5.32 Å². The number of hydrogen-bond donors (Lipinski definition) is 1. The van der Waals surface area contributed by atoms with Gasteiger partial charge in [-0.05, 0) is 57.2 Å². The lowest BCUT2D eigenvalue weighted by Gasteiger charge is -2.42. The first-order chi connectivity index (χ1) is 10.4. The second kappa shape index (κ2) is 7.28. The van der Waals surface area contributed by atoms with Gasteiger partial charge in [0.05, 0.1) is 5.54 Å². The van der Waals surface area contributed by atoms with Gasteiger partial charge in [-0.3, -0.25) is 9.69 Å². The van der Waals surface area contributed by atoms with Crippen molar-refractivity contribution in [2.75, 3.05) is 19.6 Å². The first-order valence-corrected chi connectivity index (χ1v) is 8.49. The average Bonchev–Trinajstić information content (AvgIpc) is 2.53. The van der Waals surface area contributed by atoms with Crippen molar-refractivity contribution in [3.05, 3.63) is 35.9 Å². The predicted molar refractivity (Wildman–Crippen MR) is 91.9 cm³/mol. The van der Waals surface area contributed by atoms with Gasteiger partial charge in [-0.25, -0.2) is 0 Å². The van der Waals surface area contributed by atoms with Crippen LogP contribution in [0.15, 0.2) is 30.3 Å². The largest absolute Gasteiger partial charge is 0.354 e. The molecule has 3 heteroatoms. The zero-order valence-electron chi connectivity index (χ0n) is 14.4. The quantitative estimate of drug-likeness (QED) is 0.904. The smallest absolute Gasteiger partial charge is 0.239 e. The minimum atomic E-state index is -0.420. The first-order valence-electron chi connectivity index (χ1n) is 8.49. The number of likely N-dealkylation sites (tertiary alicyclic amines) is 1. The van der Waals surface area contributed by atoms with Gasteiger partial charge in [0.25, 0.3) is 0 Å². The molecule has 3 nitrogen and oxygen atoms in total. The van der Waals surface area contributed by atoms with Gasteiger partial charge >= 0.3 is 0 Å². The molecule has 0 aliphatic carbocycles. The van der Waals surface area contributed by atoms with Gasteiger partial charge in [-0.15, -0.1) is 0 Å². The first kappa shape index (κ1) is 17.0. The zero-order valence-corrected chi connectivity index (χ0v) is 14.4. The Bertz CT molecular complexity index is 473. The Labute approximate surface area is 135 Å². The van der Waals surface area contributed by atoms with Gasteiger partial charge in [0.2, 0.25) is 5.91 Å². The van der Waals surface area contributed by atoms with Crippen molar-refractivity contribution in [1.29, 1.82) is 0 Å². The molecule has 1 aliphatic heterocycles. The predicted octanol–water partition coefficient (Wildman–Crippen LogP) is 3.42. The number of nitrogens with zero attached hydrogens (tertiary/aromatic N) is 1. The van der Waals surface area contributed by atoms with Crippen LogP contribution >= 0.6 is 0 Å². The third kappa shape index (κ3) is 4.10. The van der Waals surface area contributed by atoms with Crippen LogP contribution in [0, 0.1) is 5.92 Å². The third-order valence-electron chi connectivity index (χ3n) is 4.78. The molecule has 0 aromatic heterocycles. The SMILES string of the molecule is CC(C)CNC(=O)C(C)(C)N1CCC(c2ccccc2)CC1. The fourth-order valence-corrected chi connectivity index (χ4v) is 3.15. The van der Waals surface area contributed by atoms with E-state index in [1.807, 2.05) is 13.8 Å². The topological polar surface area (TPSA) is 32.3 Å². The van der Waals surface area contributed by atoms with Crippen molar-refractivity contribution in [3.8, 4) is 0 Å². The maximum atomic E-state index is 12.5. The number of piperidine rings is 1. The molecule has 1 aliphatic rings. The number of amides is 1. The molecule has 0 saturated carbocycles. The van der Waals surface area contributed by atoms with Gasteiger partial charge in [-0.2, -0.15) is 0 Å². The summed E-state index contributed by atoms with van der Waals surface area (Å²) in [6.07, 6.45) is 2.26. The molecule has 0 atom stereocenters. The molecular formula is C19H30N2O. The molecule has 1 saturated heterocycles. The number of carbonyl (C=O) groups is 1. The average molecular weight is 302 g/mol. The highest BCUT2D eigenvalue weighted by Gasteiger charge is 2.36. The molecule has 22 heavy (non-hydrogen) atoms. The summed E-state index contributed by atoms with van der Waals surface area (Å²) in [5.41, 5.74) is 1.01. The number of nitrogens with one attached hydrogen (secondary N) is 1. The Morgan fingerprint density at radius 2 is 1.82 bits per heavy atom. The van der Waals surface area contributed by atoms with E-state index in [2.05, 4.69) is 54.4 Å². The number of hydrogen-bond acceptors (Lipinski definition) is 2. The summed E-state index contributed by atoms with van der Waals surface area (Å²) in [5.74, 6) is 1.27. The van der Waals surface area contributed by atoms with E-state index >= 15 is 0 Å². The Morgan fingerprint density at radius 1 is 1.23 bits per heavy atom. The maximum Gasteiger partial charge on any atom is 0.239 e. The fourth-order valence-electron chi connectivity index (χ4n) is 3.15. The monoisotopic (exact) mass is 302 g/mol. The van der Waals surface area contributed by atoms with Crippen molar-refractivity contribution in [2.24, 2.45) is 5.92 Å². The molecule has 1 aromatic carbocycles. The van der Waals surface area contributed by atoms with Crippen LogP contribution in [0.1, 0.15) is 52.0 Å². The lowest BCUT2D eigenvalue weighted by Crippen LogP contribution is -2.57. The van der Waals surface area contributed by atoms with Crippen molar-refractivity contribution < 1.29 is 4.79 Å². The van der Waals surface area contributed by atoms with Crippen LogP contribution in [-0.4, -0.2) is 36.0 Å². The molecule has 1 heterocycles. The number of benzene rings is 1. The van der Waals surface area contributed by atoms with Gasteiger partial charge in [-0.1, -0.05) is 44.2 Å². The van der Waals surface area contributed by atoms with Crippen molar-refractivity contribution >= 4 is 5.91 Å². The molecule has 122 valence electrons. The third-order valence-corrected chi connectivity index (χ3v) is 4.78. The standard InChI is InChI=1S/C19H30N2O/c1-15(2)14-20-18(22)19(3,4)21-12-10-17(11-13-21)16-8-6-5-7-9-16/h5-9,15,17H,10-14H2,1-4H3,(H,20,22). The highest BCUT2D eigenvalue weighted by molar-refractivity contribution is 5.85. The molecule has 0 radical (unpaired) electrons. The highest BCUT2D eigenvalue weighted by atomic mass is 16.2. The van der Waals surface area contributed by atoms with E-state index < -0.39 is 5.54 Å². The van der Waals surface area contributed by atoms with Crippen molar-refractivity contribution in [2.45, 2.75) is 52.0 Å². The molecule has 1 amide bonds. The molecule has 1 fully saturated rings. The summed E-state index contributed by atoms with van der Waals surface area (Å²) in [6, 6.07) is 10.7. The normalized spacial score (nSPS) is 17.7. The Balaban J connectivity index is 1.91. The number of carbonyl (C=O) groups excluding carboxylic acids is 1. The Morgan fingerprint density at radius 3 is 2.36 bits per heavy atom. The van der Waals surface area contributed by atoms with Gasteiger partial charge in [0.1, 0.15) is 0 Å². The fraction of sp³-hybridized carbons (Fsp3) is 0.632. The summed E-state index contributed by atoms with van der Waals surface area (Å²) in [6.45, 7) is 11.1. The van der Waals surface area contributed by atoms with Crippen LogP contribution in [0.4, 0.5) is 0 Å². The highest BCUT2D eigenvalue weighted by Crippen LogP contribution is 2.31. The van der Waals surface area contributed by atoms with E-state index in [4.69, 9.17) is 0 Å². The van der Waals surface area contributed by atoms with E-state index in [9.17, 15) is 4.79 Å². The second-order valence-corrected chi connectivity index (χ2v) is 7.33. The molecule has 0 bridgehead atoms. The Hall–Kier alpha value is -1.35. The minimum Gasteiger partial charge on any atom is -0.354 e. The molecule has 1 aromatic rings. The second-order valence-electron chi connectivity index (χ2n) is 7.33. The van der Waals surface area contributed by atoms with Gasteiger partial charge < -0.3 is 5.32 Å². The Kier molecular flexibility index (Phi) is 5.63. The summed E-state index contributed by atoms with van der Waals surface area (Å²) in [4.78, 5) is 14.8. The van der Waals surface area contributed by atoms with Gasteiger partial charge in [0, 0.05) is 6.54 Å². The summed E-state index contributed by atoms with van der Waals surface area (Å²) in [5, 5.41) is 3.08. The van der Waals surface area contributed by atoms with Crippen LogP contribution in [0.25, 0.3) is 0 Å². The lowest BCUT2D eigenvalue weighted by molar-refractivity contribution is -0.132. The maximum absolute atomic E-state index is 12.5. The van der Waals surface area contributed by atoms with Crippen molar-refractivity contribution in [3.63, 3.8) is 0 Å². The molecule has 1 N–H and O–H groups in total. The lowest BCUT2D eigenvalue weighted by atomic mass is 9.87. The van der Waals surface area contributed by atoms with E-state index in [1.54, 1.807) is 0 Å². The molecular weight excluding hydrogens is 272 g/mol. The summed E-state index contributed by atoms with van der Waals surface area (Å²) >= 11 is 0. The van der Waals surface area contributed by atoms with Crippen LogP contribution in [0.3, 0.4) is 0 Å². The van der Waals surface area contributed by atoms with Crippen LogP contribution in [0.2, 0.25) is 0 Å². The summed E-state index contributed by atoms with van der Waals surface area (Å²) in [7, 11) is 0.